The van der Waals surface area contributed by atoms with E-state index in [-0.39, 0.29) is 0 Å². The first kappa shape index (κ1) is 7.91. The third-order valence-corrected chi connectivity index (χ3v) is 1.51. The Morgan fingerprint density at radius 2 is 1.91 bits per heavy atom. The maximum Gasteiger partial charge on any atom is 0.255 e. The van der Waals surface area contributed by atoms with Crippen LogP contribution in [0.1, 0.15) is 5.69 Å². The molecule has 0 aliphatic rings. The number of rotatable bonds is 2. The van der Waals surface area contributed by atoms with Gasteiger partial charge in [-0.15, -0.1) is 0 Å². The van der Waals surface area contributed by atoms with Crippen molar-refractivity contribution in [1.29, 1.82) is 0 Å². The molecule has 0 saturated heterocycles. The molecule has 1 heterocycles. The van der Waals surface area contributed by atoms with Gasteiger partial charge in [0.15, 0.2) is 0 Å². The first-order valence-electron chi connectivity index (χ1n) is 3.32. The van der Waals surface area contributed by atoms with E-state index in [1.54, 1.807) is 18.9 Å². The summed E-state index contributed by atoms with van der Waals surface area (Å²) in [5, 5.41) is 4.12. The molecule has 0 unspecified atom stereocenters. The van der Waals surface area contributed by atoms with Crippen LogP contribution in [-0.2, 0) is 7.05 Å². The van der Waals surface area contributed by atoms with Crippen LogP contribution in [0.25, 0.3) is 0 Å². The van der Waals surface area contributed by atoms with Crippen LogP contribution in [-0.4, -0.2) is 24.0 Å². The van der Waals surface area contributed by atoms with Gasteiger partial charge < -0.3 is 9.47 Å². The van der Waals surface area contributed by atoms with Gasteiger partial charge in [0.2, 0.25) is 5.75 Å². The fraction of sp³-hybridized carbons (Fsp3) is 0.571. The second-order valence-corrected chi connectivity index (χ2v) is 2.25. The van der Waals surface area contributed by atoms with Crippen molar-refractivity contribution in [2.45, 2.75) is 6.92 Å². The molecule has 62 valence electrons. The molecule has 0 aliphatic carbocycles. The zero-order valence-corrected chi connectivity index (χ0v) is 7.21. The number of ether oxygens (including phenoxy) is 2. The standard InChI is InChI=1S/C7H12N2O2/c1-5-6(10-3)7(11-4)9(2)8-5/h1-4H3. The first-order chi connectivity index (χ1) is 5.20. The first-order valence-corrected chi connectivity index (χ1v) is 3.32. The molecule has 0 amide bonds. The molecule has 0 bridgehead atoms. The van der Waals surface area contributed by atoms with E-state index >= 15 is 0 Å². The van der Waals surface area contributed by atoms with E-state index in [1.807, 2.05) is 14.0 Å². The maximum atomic E-state index is 5.08. The van der Waals surface area contributed by atoms with Crippen molar-refractivity contribution in [3.63, 3.8) is 0 Å². The Morgan fingerprint density at radius 3 is 2.27 bits per heavy atom. The number of nitrogens with zero attached hydrogens (tertiary/aromatic N) is 2. The summed E-state index contributed by atoms with van der Waals surface area (Å²) < 4.78 is 11.8. The van der Waals surface area contributed by atoms with Crippen molar-refractivity contribution in [2.75, 3.05) is 14.2 Å². The van der Waals surface area contributed by atoms with Crippen LogP contribution in [0.2, 0.25) is 0 Å². The van der Waals surface area contributed by atoms with Crippen molar-refractivity contribution in [1.82, 2.24) is 9.78 Å². The monoisotopic (exact) mass is 156 g/mol. The molecule has 0 N–H and O–H groups in total. The molecule has 1 aromatic rings. The van der Waals surface area contributed by atoms with Crippen LogP contribution >= 0.6 is 0 Å². The van der Waals surface area contributed by atoms with Crippen molar-refractivity contribution in [3.8, 4) is 11.6 Å². The minimum atomic E-state index is 0.657. The Labute approximate surface area is 65.7 Å². The molecule has 4 heteroatoms. The zero-order chi connectivity index (χ0) is 8.43. The third-order valence-electron chi connectivity index (χ3n) is 1.51. The van der Waals surface area contributed by atoms with Gasteiger partial charge in [-0.05, 0) is 6.92 Å². The molecule has 0 spiro atoms. The average Bonchev–Trinajstić information content (AvgIpc) is 2.24. The average molecular weight is 156 g/mol. The zero-order valence-electron chi connectivity index (χ0n) is 7.21. The topological polar surface area (TPSA) is 36.3 Å². The highest BCUT2D eigenvalue weighted by atomic mass is 16.5. The van der Waals surface area contributed by atoms with Gasteiger partial charge in [0.25, 0.3) is 5.88 Å². The maximum absolute atomic E-state index is 5.08. The summed E-state index contributed by atoms with van der Waals surface area (Å²) in [4.78, 5) is 0. The van der Waals surface area contributed by atoms with Crippen LogP contribution < -0.4 is 9.47 Å². The van der Waals surface area contributed by atoms with E-state index in [9.17, 15) is 0 Å². The molecule has 11 heavy (non-hydrogen) atoms. The lowest BCUT2D eigenvalue weighted by Gasteiger charge is -2.01. The summed E-state index contributed by atoms with van der Waals surface area (Å²) in [5.41, 5.74) is 0.840. The number of aryl methyl sites for hydroxylation is 2. The van der Waals surface area contributed by atoms with E-state index in [1.165, 1.54) is 0 Å². The molecule has 1 rings (SSSR count). The third kappa shape index (κ3) is 1.15. The number of aromatic nitrogens is 2. The number of hydrogen-bond acceptors (Lipinski definition) is 3. The minimum absolute atomic E-state index is 0.657. The van der Waals surface area contributed by atoms with Crippen molar-refractivity contribution in [2.24, 2.45) is 7.05 Å². The molecule has 4 nitrogen and oxygen atoms in total. The Kier molecular flexibility index (Phi) is 2.03. The number of hydrogen-bond donors (Lipinski definition) is 0. The van der Waals surface area contributed by atoms with E-state index in [0.29, 0.717) is 11.6 Å². The Hall–Kier alpha value is -1.19. The highest BCUT2D eigenvalue weighted by molar-refractivity contribution is 5.37. The predicted octanol–water partition coefficient (Wildman–Crippen LogP) is 0.746. The smallest absolute Gasteiger partial charge is 0.255 e. The molecule has 0 aromatic carbocycles. The summed E-state index contributed by atoms with van der Waals surface area (Å²) in [6.45, 7) is 1.88. The van der Waals surface area contributed by atoms with Crippen molar-refractivity contribution < 1.29 is 9.47 Å². The van der Waals surface area contributed by atoms with E-state index in [2.05, 4.69) is 5.10 Å². The van der Waals surface area contributed by atoms with Crippen LogP contribution in [0.4, 0.5) is 0 Å². The van der Waals surface area contributed by atoms with E-state index in [4.69, 9.17) is 9.47 Å². The second kappa shape index (κ2) is 2.82. The lowest BCUT2D eigenvalue weighted by atomic mass is 10.4. The Morgan fingerprint density at radius 1 is 1.27 bits per heavy atom. The molecule has 0 saturated carbocycles. The van der Waals surface area contributed by atoms with Crippen LogP contribution in [0, 0.1) is 6.92 Å². The quantitative estimate of drug-likeness (QED) is 0.633. The molecular weight excluding hydrogens is 144 g/mol. The normalized spacial score (nSPS) is 9.82. The van der Waals surface area contributed by atoms with Gasteiger partial charge >= 0.3 is 0 Å². The van der Waals surface area contributed by atoms with Crippen molar-refractivity contribution >= 4 is 0 Å². The van der Waals surface area contributed by atoms with Gasteiger partial charge in [-0.2, -0.15) is 5.10 Å². The highest BCUT2D eigenvalue weighted by Gasteiger charge is 2.12. The molecule has 0 radical (unpaired) electrons. The molecule has 1 aromatic heterocycles. The fourth-order valence-corrected chi connectivity index (χ4v) is 1.08. The second-order valence-electron chi connectivity index (χ2n) is 2.25. The minimum Gasteiger partial charge on any atom is -0.490 e. The van der Waals surface area contributed by atoms with Gasteiger partial charge in [0.1, 0.15) is 5.69 Å². The fourth-order valence-electron chi connectivity index (χ4n) is 1.08. The van der Waals surface area contributed by atoms with Gasteiger partial charge in [-0.1, -0.05) is 0 Å². The van der Waals surface area contributed by atoms with Gasteiger partial charge in [-0.3, -0.25) is 0 Å². The largest absolute Gasteiger partial charge is 0.490 e. The summed E-state index contributed by atoms with van der Waals surface area (Å²) >= 11 is 0. The SMILES string of the molecule is COc1c(C)nn(C)c1OC. The van der Waals surface area contributed by atoms with Crippen molar-refractivity contribution in [3.05, 3.63) is 5.69 Å². The Bertz CT molecular complexity index is 231. The molecule has 0 aliphatic heterocycles. The van der Waals surface area contributed by atoms with Crippen LogP contribution in [0.3, 0.4) is 0 Å². The molecule has 0 fully saturated rings. The van der Waals surface area contributed by atoms with E-state index < -0.39 is 0 Å². The molecular formula is C7H12N2O2. The Balaban J connectivity index is 3.17. The van der Waals surface area contributed by atoms with Gasteiger partial charge in [0.05, 0.1) is 14.2 Å². The van der Waals surface area contributed by atoms with Gasteiger partial charge in [-0.25, -0.2) is 4.68 Å². The number of methoxy groups -OCH3 is 2. The lowest BCUT2D eigenvalue weighted by molar-refractivity contribution is 0.333. The van der Waals surface area contributed by atoms with Crippen LogP contribution in [0.5, 0.6) is 11.6 Å². The summed E-state index contributed by atoms with van der Waals surface area (Å²) in [6.07, 6.45) is 0. The summed E-state index contributed by atoms with van der Waals surface area (Å²) in [5.74, 6) is 1.36. The summed E-state index contributed by atoms with van der Waals surface area (Å²) in [7, 11) is 5.01. The van der Waals surface area contributed by atoms with Crippen LogP contribution in [0.15, 0.2) is 0 Å². The molecule has 0 atom stereocenters. The summed E-state index contributed by atoms with van der Waals surface area (Å²) in [6, 6.07) is 0. The highest BCUT2D eigenvalue weighted by Crippen LogP contribution is 2.28. The lowest BCUT2D eigenvalue weighted by Crippen LogP contribution is -1.95. The van der Waals surface area contributed by atoms with Gasteiger partial charge in [0, 0.05) is 7.05 Å². The van der Waals surface area contributed by atoms with E-state index in [0.717, 1.165) is 5.69 Å². The predicted molar refractivity (Wildman–Crippen MR) is 41.0 cm³/mol.